The number of ether oxygens (including phenoxy) is 1. The summed E-state index contributed by atoms with van der Waals surface area (Å²) >= 11 is 0. The first-order valence-corrected chi connectivity index (χ1v) is 9.90. The second-order valence-electron chi connectivity index (χ2n) is 7.26. The summed E-state index contributed by atoms with van der Waals surface area (Å²) in [6.07, 6.45) is 0. The first-order chi connectivity index (χ1) is 16.7. The van der Waals surface area contributed by atoms with Crippen molar-refractivity contribution in [2.75, 3.05) is 11.5 Å². The molecule has 3 aromatic carbocycles. The van der Waals surface area contributed by atoms with Crippen molar-refractivity contribution in [3.05, 3.63) is 109 Å². The molecule has 0 saturated heterocycles. The fourth-order valence-corrected chi connectivity index (χ4v) is 3.49. The number of rotatable bonds is 7. The summed E-state index contributed by atoms with van der Waals surface area (Å²) in [6.45, 7) is -0.653. The molecular weight excluding hydrogens is 462 g/mol. The lowest BCUT2D eigenvalue weighted by Gasteiger charge is -2.14. The molecule has 0 spiro atoms. The predicted octanol–water partition coefficient (Wildman–Crippen LogP) is 3.34. The number of nitro groups is 2. The van der Waals surface area contributed by atoms with Crippen LogP contribution in [0.4, 0.5) is 17.1 Å². The van der Waals surface area contributed by atoms with Crippen molar-refractivity contribution in [3.8, 4) is 0 Å². The Kier molecular flexibility index (Phi) is 5.85. The monoisotopic (exact) mass is 475 g/mol. The van der Waals surface area contributed by atoms with E-state index in [0.29, 0.717) is 0 Å². The quantitative estimate of drug-likeness (QED) is 0.164. The minimum Gasteiger partial charge on any atom is -0.454 e. The molecule has 0 saturated carbocycles. The minimum absolute atomic E-state index is 0.0124. The number of benzene rings is 3. The van der Waals surface area contributed by atoms with Gasteiger partial charge in [-0.1, -0.05) is 12.1 Å². The van der Waals surface area contributed by atoms with Gasteiger partial charge in [0.05, 0.1) is 26.7 Å². The zero-order chi connectivity index (χ0) is 25.3. The van der Waals surface area contributed by atoms with Gasteiger partial charge < -0.3 is 4.74 Å². The minimum atomic E-state index is -0.926. The van der Waals surface area contributed by atoms with Gasteiger partial charge in [0.25, 0.3) is 23.2 Å². The molecule has 174 valence electrons. The lowest BCUT2D eigenvalue weighted by atomic mass is 10.1. The van der Waals surface area contributed by atoms with E-state index in [0.717, 1.165) is 23.1 Å². The van der Waals surface area contributed by atoms with E-state index in [-0.39, 0.29) is 33.6 Å². The van der Waals surface area contributed by atoms with Crippen LogP contribution in [0.5, 0.6) is 0 Å². The van der Waals surface area contributed by atoms with Crippen molar-refractivity contribution < 1.29 is 33.8 Å². The Bertz CT molecular complexity index is 1430. The number of anilines is 1. The number of hydrogen-bond acceptors (Lipinski definition) is 9. The van der Waals surface area contributed by atoms with E-state index in [4.69, 9.17) is 4.74 Å². The number of Topliss-reactive ketones (excluding diaryl/α,β-unsaturated/α-hetero) is 1. The molecule has 3 aromatic rings. The number of carbonyl (C=O) groups is 4. The number of amides is 2. The average Bonchev–Trinajstić information content (AvgIpc) is 3.12. The normalized spacial score (nSPS) is 12.3. The van der Waals surface area contributed by atoms with Crippen molar-refractivity contribution in [3.63, 3.8) is 0 Å². The van der Waals surface area contributed by atoms with E-state index in [1.807, 2.05) is 0 Å². The number of esters is 1. The second-order valence-corrected chi connectivity index (χ2v) is 7.26. The molecule has 0 aromatic heterocycles. The van der Waals surface area contributed by atoms with E-state index in [2.05, 4.69) is 0 Å². The summed E-state index contributed by atoms with van der Waals surface area (Å²) in [7, 11) is 0. The zero-order valence-corrected chi connectivity index (χ0v) is 17.6. The molecule has 0 aliphatic carbocycles. The molecule has 1 aliphatic rings. The van der Waals surface area contributed by atoms with E-state index >= 15 is 0 Å². The number of imide groups is 1. The highest BCUT2D eigenvalue weighted by Crippen LogP contribution is 2.34. The third kappa shape index (κ3) is 4.23. The molecule has 2 amide bonds. The molecule has 4 rings (SSSR count). The van der Waals surface area contributed by atoms with Crippen LogP contribution in [0.1, 0.15) is 41.4 Å². The summed E-state index contributed by atoms with van der Waals surface area (Å²) in [6, 6.07) is 13.7. The molecular formula is C23H13N3O9. The van der Waals surface area contributed by atoms with Crippen molar-refractivity contribution >= 4 is 40.6 Å². The lowest BCUT2D eigenvalue weighted by Crippen LogP contribution is -2.29. The van der Waals surface area contributed by atoms with Crippen molar-refractivity contribution in [1.29, 1.82) is 0 Å². The Hall–Kier alpha value is -5.26. The van der Waals surface area contributed by atoms with Gasteiger partial charge in [0.1, 0.15) is 5.56 Å². The van der Waals surface area contributed by atoms with Crippen molar-refractivity contribution in [1.82, 2.24) is 0 Å². The summed E-state index contributed by atoms with van der Waals surface area (Å²) in [5.74, 6) is -3.22. The Morgan fingerprint density at radius 3 is 2.17 bits per heavy atom. The Balaban J connectivity index is 1.51. The topological polar surface area (TPSA) is 167 Å². The van der Waals surface area contributed by atoms with Gasteiger partial charge in [-0.3, -0.25) is 34.6 Å². The summed E-state index contributed by atoms with van der Waals surface area (Å²) in [4.78, 5) is 71.7. The molecule has 0 N–H and O–H groups in total. The predicted molar refractivity (Wildman–Crippen MR) is 118 cm³/mol. The first-order valence-electron chi connectivity index (χ1n) is 9.90. The van der Waals surface area contributed by atoms with Crippen molar-refractivity contribution in [2.45, 2.75) is 0 Å². The largest absolute Gasteiger partial charge is 0.454 e. The van der Waals surface area contributed by atoms with Crippen LogP contribution in [-0.4, -0.2) is 40.0 Å². The SMILES string of the molecule is O=C(COC(=O)c1cccc(N2C(=O)c3cccc([N+](=O)[O-])c3C2=O)c1)c1ccc([N+](=O)[O-])cc1. The van der Waals surface area contributed by atoms with Crippen LogP contribution in [0, 0.1) is 20.2 Å². The van der Waals surface area contributed by atoms with Gasteiger partial charge in [0.15, 0.2) is 12.4 Å². The van der Waals surface area contributed by atoms with E-state index in [1.165, 1.54) is 48.5 Å². The van der Waals surface area contributed by atoms with Crippen LogP contribution in [0.2, 0.25) is 0 Å². The number of nitro benzene ring substituents is 2. The van der Waals surface area contributed by atoms with Gasteiger partial charge >= 0.3 is 5.97 Å². The molecule has 0 unspecified atom stereocenters. The van der Waals surface area contributed by atoms with Crippen LogP contribution in [0.25, 0.3) is 0 Å². The number of fused-ring (bicyclic) bond motifs is 1. The van der Waals surface area contributed by atoms with Crippen LogP contribution in [0.3, 0.4) is 0 Å². The van der Waals surface area contributed by atoms with Gasteiger partial charge in [0, 0.05) is 23.8 Å². The maximum absolute atomic E-state index is 12.8. The molecule has 12 nitrogen and oxygen atoms in total. The zero-order valence-electron chi connectivity index (χ0n) is 17.6. The fraction of sp³-hybridized carbons (Fsp3) is 0.0435. The van der Waals surface area contributed by atoms with E-state index in [1.54, 1.807) is 0 Å². The number of non-ortho nitro benzene ring substituents is 1. The molecule has 1 heterocycles. The van der Waals surface area contributed by atoms with Gasteiger partial charge in [-0.05, 0) is 36.4 Å². The maximum Gasteiger partial charge on any atom is 0.338 e. The highest BCUT2D eigenvalue weighted by molar-refractivity contribution is 6.35. The molecule has 0 atom stereocenters. The first kappa shape index (κ1) is 22.9. The highest BCUT2D eigenvalue weighted by Gasteiger charge is 2.41. The maximum atomic E-state index is 12.8. The van der Waals surface area contributed by atoms with Gasteiger partial charge in [-0.2, -0.15) is 0 Å². The second kappa shape index (κ2) is 8.94. The third-order valence-electron chi connectivity index (χ3n) is 5.16. The van der Waals surface area contributed by atoms with E-state index < -0.39 is 45.7 Å². The molecule has 0 radical (unpaired) electrons. The molecule has 0 fully saturated rings. The van der Waals surface area contributed by atoms with Crippen LogP contribution >= 0.6 is 0 Å². The summed E-state index contributed by atoms with van der Waals surface area (Å²) in [5.41, 5.74) is -1.18. The van der Waals surface area contributed by atoms with Gasteiger partial charge in [0.2, 0.25) is 0 Å². The number of hydrogen-bond donors (Lipinski definition) is 0. The van der Waals surface area contributed by atoms with Crippen molar-refractivity contribution in [2.24, 2.45) is 0 Å². The Morgan fingerprint density at radius 1 is 0.829 bits per heavy atom. The molecule has 0 bridgehead atoms. The summed E-state index contributed by atoms with van der Waals surface area (Å²) in [5, 5.41) is 22.0. The van der Waals surface area contributed by atoms with Crippen LogP contribution < -0.4 is 4.90 Å². The van der Waals surface area contributed by atoms with Gasteiger partial charge in [-0.25, -0.2) is 9.69 Å². The fourth-order valence-electron chi connectivity index (χ4n) is 3.49. The number of ketones is 1. The van der Waals surface area contributed by atoms with Crippen LogP contribution in [0.15, 0.2) is 66.7 Å². The van der Waals surface area contributed by atoms with E-state index in [9.17, 15) is 39.4 Å². The average molecular weight is 475 g/mol. The smallest absolute Gasteiger partial charge is 0.338 e. The highest BCUT2D eigenvalue weighted by atomic mass is 16.6. The number of carbonyl (C=O) groups excluding carboxylic acids is 4. The standard InChI is InChI=1S/C23H13N3O9/c27-19(13-7-9-15(10-8-13)25(31)32)12-35-23(30)14-3-1-4-16(11-14)24-21(28)17-5-2-6-18(26(33)34)20(17)22(24)29/h1-11H,12H2. The van der Waals surface area contributed by atoms with Crippen LogP contribution in [-0.2, 0) is 4.74 Å². The molecule has 12 heteroatoms. The molecule has 35 heavy (non-hydrogen) atoms. The number of nitrogens with zero attached hydrogens (tertiary/aromatic N) is 3. The Labute approximate surface area is 195 Å². The third-order valence-corrected chi connectivity index (χ3v) is 5.16. The summed E-state index contributed by atoms with van der Waals surface area (Å²) < 4.78 is 5.01. The Morgan fingerprint density at radius 2 is 1.51 bits per heavy atom. The molecule has 1 aliphatic heterocycles. The lowest BCUT2D eigenvalue weighted by molar-refractivity contribution is -0.385. The van der Waals surface area contributed by atoms with Gasteiger partial charge in [-0.15, -0.1) is 0 Å².